The van der Waals surface area contributed by atoms with Crippen LogP contribution in [-0.4, -0.2) is 35.0 Å². The van der Waals surface area contributed by atoms with Crippen LogP contribution in [0.5, 0.6) is 0 Å². The van der Waals surface area contributed by atoms with Crippen molar-refractivity contribution in [1.29, 1.82) is 0 Å². The van der Waals surface area contributed by atoms with E-state index in [0.29, 0.717) is 19.6 Å². The second-order valence-corrected chi connectivity index (χ2v) is 11.6. The Morgan fingerprint density at radius 3 is 2.23 bits per heavy atom. The second kappa shape index (κ2) is 11.5. The summed E-state index contributed by atoms with van der Waals surface area (Å²) in [6.07, 6.45) is 4.24. The van der Waals surface area contributed by atoms with Crippen molar-refractivity contribution in [3.63, 3.8) is 0 Å². The van der Waals surface area contributed by atoms with Gasteiger partial charge in [0.15, 0.2) is 6.10 Å². The highest BCUT2D eigenvalue weighted by molar-refractivity contribution is 5.84. The van der Waals surface area contributed by atoms with Crippen molar-refractivity contribution >= 4 is 11.9 Å². The summed E-state index contributed by atoms with van der Waals surface area (Å²) in [7, 11) is 0. The van der Waals surface area contributed by atoms with E-state index in [4.69, 9.17) is 9.47 Å². The molecule has 2 aliphatic rings. The molecular weight excluding hydrogens is 438 g/mol. The summed E-state index contributed by atoms with van der Waals surface area (Å²) in [6.45, 7) is 23.4. The van der Waals surface area contributed by atoms with Gasteiger partial charge in [-0.3, -0.25) is 4.79 Å². The van der Waals surface area contributed by atoms with Crippen LogP contribution in [-0.2, 0) is 32.0 Å². The van der Waals surface area contributed by atoms with Crippen molar-refractivity contribution in [3.8, 4) is 0 Å². The minimum absolute atomic E-state index is 0.138. The molecule has 0 N–H and O–H groups in total. The zero-order chi connectivity index (χ0) is 26.7. The number of amides is 1. The van der Waals surface area contributed by atoms with Gasteiger partial charge in [0, 0.05) is 12.6 Å². The predicted octanol–water partition coefficient (Wildman–Crippen LogP) is 6.91. The molecule has 1 heterocycles. The van der Waals surface area contributed by atoms with Crippen molar-refractivity contribution in [2.45, 2.75) is 133 Å². The molecule has 0 aromatic heterocycles. The van der Waals surface area contributed by atoms with Gasteiger partial charge in [-0.15, -0.1) is 0 Å². The lowest BCUT2D eigenvalue weighted by Gasteiger charge is -2.47. The first-order valence-electron chi connectivity index (χ1n) is 13.5. The summed E-state index contributed by atoms with van der Waals surface area (Å²) in [5.74, 6) is -0.171. The molecule has 2 atom stereocenters. The van der Waals surface area contributed by atoms with Crippen LogP contribution in [0.25, 0.3) is 0 Å². The maximum Gasteiger partial charge on any atom is 0.339 e. The molecule has 1 unspecified atom stereocenters. The molecule has 35 heavy (non-hydrogen) atoms. The maximum absolute atomic E-state index is 13.4. The fourth-order valence-electron chi connectivity index (χ4n) is 5.82. The number of benzene rings is 1. The van der Waals surface area contributed by atoms with Crippen LogP contribution in [0.1, 0.15) is 121 Å². The van der Waals surface area contributed by atoms with Gasteiger partial charge >= 0.3 is 5.97 Å². The molecule has 0 spiro atoms. The summed E-state index contributed by atoms with van der Waals surface area (Å²) in [5.41, 5.74) is 6.00. The van der Waals surface area contributed by atoms with Crippen molar-refractivity contribution in [1.82, 2.24) is 4.90 Å². The average molecular weight is 488 g/mol. The summed E-state index contributed by atoms with van der Waals surface area (Å²) in [5, 5.41) is 0. The fraction of sp³-hybridized carbons (Fsp3) is 0.733. The van der Waals surface area contributed by atoms with Crippen molar-refractivity contribution in [2.24, 2.45) is 5.41 Å². The number of carbonyl (C=O) groups is 2. The molecule has 1 aliphatic carbocycles. The molecule has 1 aromatic carbocycles. The van der Waals surface area contributed by atoms with E-state index < -0.39 is 11.7 Å². The molecule has 1 amide bonds. The Balaban J connectivity index is 0.00000210. The van der Waals surface area contributed by atoms with Crippen LogP contribution in [0, 0.1) is 26.2 Å². The quantitative estimate of drug-likeness (QED) is 0.423. The number of fused-ring (bicyclic) bond motifs is 1. The lowest BCUT2D eigenvalue weighted by molar-refractivity contribution is -0.167. The van der Waals surface area contributed by atoms with E-state index in [1.165, 1.54) is 18.4 Å². The van der Waals surface area contributed by atoms with Crippen LogP contribution in [0.15, 0.2) is 0 Å². The van der Waals surface area contributed by atoms with Crippen molar-refractivity contribution in [3.05, 3.63) is 33.4 Å². The number of nitrogens with zero attached hydrogens (tertiary/aromatic N) is 1. The largest absolute Gasteiger partial charge is 0.464 e. The molecule has 5 nitrogen and oxygen atoms in total. The third-order valence-electron chi connectivity index (χ3n) is 7.68. The second-order valence-electron chi connectivity index (χ2n) is 11.6. The molecule has 1 aromatic rings. The Kier molecular flexibility index (Phi) is 9.60. The fourth-order valence-corrected chi connectivity index (χ4v) is 5.82. The average Bonchev–Trinajstić information content (AvgIpc) is 2.77. The van der Waals surface area contributed by atoms with Gasteiger partial charge in [-0.1, -0.05) is 40.5 Å². The molecule has 0 bridgehead atoms. The van der Waals surface area contributed by atoms with Gasteiger partial charge in [-0.25, -0.2) is 4.79 Å². The first-order chi connectivity index (χ1) is 16.3. The van der Waals surface area contributed by atoms with Gasteiger partial charge in [0.25, 0.3) is 0 Å². The third kappa shape index (κ3) is 6.28. The summed E-state index contributed by atoms with van der Waals surface area (Å²) >= 11 is 0. The number of carbonyl (C=O) groups excluding carboxylic acids is 2. The molecule has 0 radical (unpaired) electrons. The molecule has 1 aliphatic heterocycles. The van der Waals surface area contributed by atoms with Crippen LogP contribution in [0.3, 0.4) is 0 Å². The summed E-state index contributed by atoms with van der Waals surface area (Å²) in [6, 6.07) is 0.281. The highest BCUT2D eigenvalue weighted by Gasteiger charge is 2.42. The van der Waals surface area contributed by atoms with Gasteiger partial charge in [0.1, 0.15) is 0 Å². The first-order valence-corrected chi connectivity index (χ1v) is 13.5. The molecule has 1 saturated carbocycles. The highest BCUT2D eigenvalue weighted by atomic mass is 16.6. The molecule has 198 valence electrons. The number of rotatable bonds is 5. The van der Waals surface area contributed by atoms with E-state index >= 15 is 0 Å². The zero-order valence-corrected chi connectivity index (χ0v) is 24.2. The number of esters is 1. The van der Waals surface area contributed by atoms with Crippen molar-refractivity contribution < 1.29 is 19.1 Å². The van der Waals surface area contributed by atoms with E-state index in [1.54, 1.807) is 0 Å². The van der Waals surface area contributed by atoms with Gasteiger partial charge < -0.3 is 14.4 Å². The molecule has 3 rings (SSSR count). The monoisotopic (exact) mass is 487 g/mol. The van der Waals surface area contributed by atoms with Gasteiger partial charge in [0.2, 0.25) is 5.91 Å². The van der Waals surface area contributed by atoms with E-state index in [-0.39, 0.29) is 23.3 Å². The number of hydrogen-bond acceptors (Lipinski definition) is 4. The first kappa shape index (κ1) is 29.4. The van der Waals surface area contributed by atoms with Crippen molar-refractivity contribution in [2.75, 3.05) is 6.61 Å². The normalized spacial score (nSPS) is 20.5. The summed E-state index contributed by atoms with van der Waals surface area (Å²) < 4.78 is 11.6. The van der Waals surface area contributed by atoms with E-state index in [1.807, 2.05) is 48.5 Å². The minimum atomic E-state index is -0.806. The predicted molar refractivity (Wildman–Crippen MR) is 143 cm³/mol. The van der Waals surface area contributed by atoms with Crippen LogP contribution in [0.4, 0.5) is 0 Å². The van der Waals surface area contributed by atoms with E-state index in [2.05, 4.69) is 32.6 Å². The lowest BCUT2D eigenvalue weighted by atomic mass is 9.71. The van der Waals surface area contributed by atoms with Gasteiger partial charge in [0.05, 0.1) is 18.6 Å². The van der Waals surface area contributed by atoms with Gasteiger partial charge in [-0.2, -0.15) is 0 Å². The summed E-state index contributed by atoms with van der Waals surface area (Å²) in [4.78, 5) is 28.6. The number of ether oxygens (including phenoxy) is 2. The zero-order valence-electron chi connectivity index (χ0n) is 24.2. The third-order valence-corrected chi connectivity index (χ3v) is 7.68. The standard InChI is InChI=1S/C28H43NO4.C2H6/c1-10-32-26(31)25(33-27(5,6)7)24-18(3)17(2)21-16-29(23(30)15-20(21)19(24)4)22-13-11-12-14-28(22,8)9;1-2/h22,25H,10-16H2,1-9H3;1-2H3/t22?,25-;/m0./s1. The Bertz CT molecular complexity index is 926. The molecule has 1 fully saturated rings. The SMILES string of the molecule is CC.CCOC(=O)[C@@H](OC(C)(C)C)c1c(C)c(C)c2c(c1C)CC(=O)N(C1CCCCC1(C)C)C2. The van der Waals surface area contributed by atoms with Crippen LogP contribution < -0.4 is 0 Å². The molecular formula is C30H49NO4. The Morgan fingerprint density at radius 1 is 1.06 bits per heavy atom. The minimum Gasteiger partial charge on any atom is -0.464 e. The Labute approximate surface area is 213 Å². The molecule has 5 heteroatoms. The van der Waals surface area contributed by atoms with Gasteiger partial charge in [-0.05, 0) is 100 Å². The highest BCUT2D eigenvalue weighted by Crippen LogP contribution is 2.43. The Morgan fingerprint density at radius 2 is 1.69 bits per heavy atom. The van der Waals surface area contributed by atoms with Crippen LogP contribution in [0.2, 0.25) is 0 Å². The van der Waals surface area contributed by atoms with E-state index in [0.717, 1.165) is 40.7 Å². The van der Waals surface area contributed by atoms with E-state index in [9.17, 15) is 9.59 Å². The Hall–Kier alpha value is -1.88. The van der Waals surface area contributed by atoms with Crippen LogP contribution >= 0.6 is 0 Å². The topological polar surface area (TPSA) is 55.8 Å². The number of hydrogen-bond donors (Lipinski definition) is 0. The smallest absolute Gasteiger partial charge is 0.339 e. The maximum atomic E-state index is 13.4. The molecule has 0 saturated heterocycles. The lowest BCUT2D eigenvalue weighted by Crippen LogP contribution is -2.52.